The van der Waals surface area contributed by atoms with Gasteiger partial charge < -0.3 is 4.90 Å². The van der Waals surface area contributed by atoms with Crippen LogP contribution in [0.15, 0.2) is 24.3 Å². The van der Waals surface area contributed by atoms with E-state index in [2.05, 4.69) is 16.7 Å². The predicted molar refractivity (Wildman–Crippen MR) is 113 cm³/mol. The van der Waals surface area contributed by atoms with Crippen LogP contribution in [0.2, 0.25) is 0 Å². The first kappa shape index (κ1) is 21.2. The van der Waals surface area contributed by atoms with Crippen LogP contribution >= 0.6 is 11.6 Å². The Morgan fingerprint density at radius 2 is 1.38 bits per heavy atom. The van der Waals surface area contributed by atoms with Crippen molar-refractivity contribution in [3.8, 4) is 0 Å². The van der Waals surface area contributed by atoms with Crippen LogP contribution in [0, 0.1) is 0 Å². The second-order valence-corrected chi connectivity index (χ2v) is 7.82. The number of piperazine rings is 1. The molecule has 1 aliphatic heterocycles. The summed E-state index contributed by atoms with van der Waals surface area (Å²) in [5.74, 6) is 0. The SMILES string of the molecule is CCCCCCCCCCCN1CCN(c2ccc(C(=O)Cl)cc2)CC1. The van der Waals surface area contributed by atoms with Crippen molar-refractivity contribution in [1.29, 1.82) is 0 Å². The van der Waals surface area contributed by atoms with Gasteiger partial charge in [-0.25, -0.2) is 0 Å². The van der Waals surface area contributed by atoms with Crippen molar-refractivity contribution in [1.82, 2.24) is 4.90 Å². The molecule has 1 saturated heterocycles. The summed E-state index contributed by atoms with van der Waals surface area (Å²) < 4.78 is 0. The van der Waals surface area contributed by atoms with Crippen LogP contribution in [0.25, 0.3) is 0 Å². The number of nitrogens with zero attached hydrogens (tertiary/aromatic N) is 2. The number of rotatable bonds is 12. The number of carbonyl (C=O) groups is 1. The minimum Gasteiger partial charge on any atom is -0.369 e. The van der Waals surface area contributed by atoms with Crippen LogP contribution in [0.5, 0.6) is 0 Å². The fraction of sp³-hybridized carbons (Fsp3) is 0.682. The number of halogens is 1. The van der Waals surface area contributed by atoms with Gasteiger partial charge in [0.25, 0.3) is 5.24 Å². The maximum atomic E-state index is 11.1. The predicted octanol–water partition coefficient (Wildman–Crippen LogP) is 5.72. The Morgan fingerprint density at radius 1 is 0.846 bits per heavy atom. The molecular weight excluding hydrogens is 344 g/mol. The van der Waals surface area contributed by atoms with E-state index < -0.39 is 0 Å². The number of unbranched alkanes of at least 4 members (excludes halogenated alkanes) is 8. The van der Waals surface area contributed by atoms with Gasteiger partial charge >= 0.3 is 0 Å². The molecule has 0 N–H and O–H groups in total. The van der Waals surface area contributed by atoms with Crippen molar-refractivity contribution in [2.75, 3.05) is 37.6 Å². The zero-order valence-corrected chi connectivity index (χ0v) is 17.1. The van der Waals surface area contributed by atoms with Gasteiger partial charge in [-0.3, -0.25) is 9.69 Å². The Labute approximate surface area is 164 Å². The van der Waals surface area contributed by atoms with Gasteiger partial charge in [-0.1, -0.05) is 58.3 Å². The molecular formula is C22H35ClN2O. The Bertz CT molecular complexity index is 509. The fourth-order valence-electron chi connectivity index (χ4n) is 3.68. The van der Waals surface area contributed by atoms with Gasteiger partial charge in [0.2, 0.25) is 0 Å². The lowest BCUT2D eigenvalue weighted by Crippen LogP contribution is -2.46. The van der Waals surface area contributed by atoms with E-state index in [9.17, 15) is 4.79 Å². The standard InChI is InChI=1S/C22H35ClN2O/c1-2-3-4-5-6-7-8-9-10-15-24-16-18-25(19-17-24)21-13-11-20(12-14-21)22(23)26/h11-14H,2-10,15-19H2,1H3. The molecule has 0 radical (unpaired) electrons. The highest BCUT2D eigenvalue weighted by molar-refractivity contribution is 6.67. The van der Waals surface area contributed by atoms with Gasteiger partial charge in [-0.05, 0) is 48.8 Å². The first-order chi connectivity index (χ1) is 12.7. The smallest absolute Gasteiger partial charge is 0.252 e. The quantitative estimate of drug-likeness (QED) is 0.343. The molecule has 1 heterocycles. The lowest BCUT2D eigenvalue weighted by molar-refractivity contribution is 0.108. The maximum absolute atomic E-state index is 11.1. The summed E-state index contributed by atoms with van der Waals surface area (Å²) >= 11 is 5.51. The summed E-state index contributed by atoms with van der Waals surface area (Å²) in [6, 6.07) is 7.65. The van der Waals surface area contributed by atoms with E-state index in [0.29, 0.717) is 5.56 Å². The summed E-state index contributed by atoms with van der Waals surface area (Å²) in [4.78, 5) is 16.1. The van der Waals surface area contributed by atoms with Crippen molar-refractivity contribution in [3.05, 3.63) is 29.8 Å². The first-order valence-electron chi connectivity index (χ1n) is 10.5. The van der Waals surface area contributed by atoms with E-state index in [1.165, 1.54) is 70.0 Å². The van der Waals surface area contributed by atoms with Crippen LogP contribution in [0.4, 0.5) is 5.69 Å². The summed E-state index contributed by atoms with van der Waals surface area (Å²) in [5, 5.41) is -0.387. The van der Waals surface area contributed by atoms with Crippen LogP contribution < -0.4 is 4.90 Å². The fourth-order valence-corrected chi connectivity index (χ4v) is 3.81. The minimum absolute atomic E-state index is 0.387. The molecule has 4 heteroatoms. The lowest BCUT2D eigenvalue weighted by atomic mass is 10.1. The molecule has 26 heavy (non-hydrogen) atoms. The normalized spacial score (nSPS) is 15.4. The van der Waals surface area contributed by atoms with Gasteiger partial charge in [0.1, 0.15) is 0 Å². The molecule has 1 aliphatic rings. The van der Waals surface area contributed by atoms with E-state index in [1.54, 1.807) is 0 Å². The van der Waals surface area contributed by atoms with E-state index in [1.807, 2.05) is 24.3 Å². The third-order valence-corrected chi connectivity index (χ3v) is 5.63. The molecule has 0 unspecified atom stereocenters. The topological polar surface area (TPSA) is 23.6 Å². The molecule has 3 nitrogen and oxygen atoms in total. The zero-order chi connectivity index (χ0) is 18.6. The van der Waals surface area contributed by atoms with Crippen molar-refractivity contribution in [2.24, 2.45) is 0 Å². The van der Waals surface area contributed by atoms with Gasteiger partial charge in [-0.15, -0.1) is 0 Å². The molecule has 0 saturated carbocycles. The van der Waals surface area contributed by atoms with Crippen molar-refractivity contribution in [2.45, 2.75) is 64.7 Å². The maximum Gasteiger partial charge on any atom is 0.252 e. The molecule has 0 aromatic heterocycles. The van der Waals surface area contributed by atoms with Crippen LogP contribution in [0.1, 0.15) is 75.1 Å². The zero-order valence-electron chi connectivity index (χ0n) is 16.4. The van der Waals surface area contributed by atoms with Gasteiger partial charge in [0.15, 0.2) is 0 Å². The van der Waals surface area contributed by atoms with E-state index in [0.717, 1.165) is 26.2 Å². The molecule has 0 amide bonds. The highest BCUT2D eigenvalue weighted by Gasteiger charge is 2.16. The first-order valence-corrected chi connectivity index (χ1v) is 10.9. The largest absolute Gasteiger partial charge is 0.369 e. The molecule has 2 rings (SSSR count). The van der Waals surface area contributed by atoms with Crippen molar-refractivity contribution in [3.63, 3.8) is 0 Å². The number of hydrogen-bond acceptors (Lipinski definition) is 3. The number of anilines is 1. The van der Waals surface area contributed by atoms with Gasteiger partial charge in [-0.2, -0.15) is 0 Å². The number of hydrogen-bond donors (Lipinski definition) is 0. The molecule has 0 atom stereocenters. The summed E-state index contributed by atoms with van der Waals surface area (Å²) in [7, 11) is 0. The molecule has 0 spiro atoms. The van der Waals surface area contributed by atoms with Crippen LogP contribution in [0.3, 0.4) is 0 Å². The summed E-state index contributed by atoms with van der Waals surface area (Å²) in [5.41, 5.74) is 1.76. The van der Waals surface area contributed by atoms with E-state index in [4.69, 9.17) is 11.6 Å². The van der Waals surface area contributed by atoms with E-state index in [-0.39, 0.29) is 5.24 Å². The minimum atomic E-state index is -0.387. The lowest BCUT2D eigenvalue weighted by Gasteiger charge is -2.36. The third-order valence-electron chi connectivity index (χ3n) is 5.41. The molecule has 1 fully saturated rings. The van der Waals surface area contributed by atoms with Crippen molar-refractivity contribution >= 4 is 22.5 Å². The second-order valence-electron chi connectivity index (χ2n) is 7.48. The molecule has 1 aromatic carbocycles. The highest BCUT2D eigenvalue weighted by Crippen LogP contribution is 2.18. The summed E-state index contributed by atoms with van der Waals surface area (Å²) in [6.07, 6.45) is 12.5. The molecule has 1 aromatic rings. The monoisotopic (exact) mass is 378 g/mol. The van der Waals surface area contributed by atoms with Crippen LogP contribution in [-0.4, -0.2) is 42.9 Å². The van der Waals surface area contributed by atoms with Crippen molar-refractivity contribution < 1.29 is 4.79 Å². The van der Waals surface area contributed by atoms with Gasteiger partial charge in [0, 0.05) is 37.4 Å². The van der Waals surface area contributed by atoms with Gasteiger partial charge in [0.05, 0.1) is 0 Å². The Balaban J connectivity index is 1.54. The Kier molecular flexibility index (Phi) is 10.1. The molecule has 0 bridgehead atoms. The number of benzene rings is 1. The average Bonchev–Trinajstić information content (AvgIpc) is 2.67. The summed E-state index contributed by atoms with van der Waals surface area (Å²) in [6.45, 7) is 7.90. The van der Waals surface area contributed by atoms with E-state index >= 15 is 0 Å². The van der Waals surface area contributed by atoms with Crippen LogP contribution in [-0.2, 0) is 0 Å². The third kappa shape index (κ3) is 7.67. The Hall–Kier alpha value is -1.06. The average molecular weight is 379 g/mol. The number of carbonyl (C=O) groups excluding carboxylic acids is 1. The highest BCUT2D eigenvalue weighted by atomic mass is 35.5. The second kappa shape index (κ2) is 12.3. The molecule has 146 valence electrons. The molecule has 0 aliphatic carbocycles. The Morgan fingerprint density at radius 3 is 1.92 bits per heavy atom.